The number of benzene rings is 3. The monoisotopic (exact) mass is 501 g/mol. The highest BCUT2D eigenvalue weighted by atomic mass is 79.9. The maximum absolute atomic E-state index is 12.4. The molecule has 4 rings (SSSR count). The number of halogens is 1. The molecule has 0 aliphatic carbocycles. The molecular formula is C22H21BrN3O4P. The number of para-hydroxylation sites is 1. The Hall–Kier alpha value is -2.64. The second kappa shape index (κ2) is 8.85. The molecule has 2 N–H and O–H groups in total. The Balaban J connectivity index is 1.80. The minimum atomic E-state index is -3.42. The zero-order valence-corrected chi connectivity index (χ0v) is 19.7. The Morgan fingerprint density at radius 2 is 1.65 bits per heavy atom. The predicted molar refractivity (Wildman–Crippen MR) is 128 cm³/mol. The first-order valence-electron chi connectivity index (χ1n) is 9.39. The third kappa shape index (κ3) is 4.38. The lowest BCUT2D eigenvalue weighted by atomic mass is 10.1. The molecule has 31 heavy (non-hydrogen) atoms. The number of hydrogen-bond donors (Lipinski definition) is 2. The van der Waals surface area contributed by atoms with Crippen molar-refractivity contribution in [2.75, 3.05) is 31.7 Å². The first kappa shape index (κ1) is 21.6. The number of nitrogens with one attached hydrogen (secondary N) is 2. The molecule has 0 aliphatic rings. The van der Waals surface area contributed by atoms with Gasteiger partial charge in [0.1, 0.15) is 5.75 Å². The zero-order valence-electron chi connectivity index (χ0n) is 17.2. The molecule has 0 radical (unpaired) electrons. The maximum atomic E-state index is 12.4. The zero-order chi connectivity index (χ0) is 22.0. The smallest absolute Gasteiger partial charge is 0.432 e. The third-order valence-corrected chi connectivity index (χ3v) is 6.84. The second-order valence-corrected chi connectivity index (χ2v) is 9.54. The van der Waals surface area contributed by atoms with E-state index in [1.165, 1.54) is 14.2 Å². The topological polar surface area (TPSA) is 81.7 Å². The van der Waals surface area contributed by atoms with Gasteiger partial charge in [0.05, 0.1) is 29.5 Å². The molecule has 0 spiro atoms. The van der Waals surface area contributed by atoms with Gasteiger partial charge < -0.3 is 10.1 Å². The summed E-state index contributed by atoms with van der Waals surface area (Å²) in [7, 11) is 0.800. The van der Waals surface area contributed by atoms with E-state index in [4.69, 9.17) is 18.8 Å². The minimum absolute atomic E-state index is 0.544. The summed E-state index contributed by atoms with van der Waals surface area (Å²) in [6.45, 7) is 0. The maximum Gasteiger partial charge on any atom is 0.432 e. The summed E-state index contributed by atoms with van der Waals surface area (Å²) in [6.07, 6.45) is 0. The first-order chi connectivity index (χ1) is 15.0. The van der Waals surface area contributed by atoms with Crippen LogP contribution in [-0.2, 0) is 13.6 Å². The normalized spacial score (nSPS) is 11.6. The van der Waals surface area contributed by atoms with Crippen LogP contribution in [0.15, 0.2) is 65.1 Å². The molecule has 0 bridgehead atoms. The number of fused-ring (bicyclic) bond motifs is 2. The molecule has 160 valence electrons. The summed E-state index contributed by atoms with van der Waals surface area (Å²) >= 11 is 3.52. The van der Waals surface area contributed by atoms with Crippen LogP contribution in [0, 0.1) is 0 Å². The summed E-state index contributed by atoms with van der Waals surface area (Å²) in [5, 5.41) is 8.25. The Morgan fingerprint density at radius 3 is 2.39 bits per heavy atom. The van der Waals surface area contributed by atoms with Gasteiger partial charge in [-0.1, -0.05) is 34.1 Å². The number of nitrogens with zero attached hydrogens (tertiary/aromatic N) is 1. The van der Waals surface area contributed by atoms with E-state index in [1.54, 1.807) is 19.2 Å². The number of rotatable bonds is 7. The molecule has 0 atom stereocenters. The van der Waals surface area contributed by atoms with Crippen molar-refractivity contribution in [2.24, 2.45) is 0 Å². The molecular weight excluding hydrogens is 481 g/mol. The first-order valence-corrected chi connectivity index (χ1v) is 11.7. The summed E-state index contributed by atoms with van der Waals surface area (Å²) in [5.74, 6) is 0.565. The van der Waals surface area contributed by atoms with Crippen molar-refractivity contribution in [1.82, 2.24) is 4.98 Å². The molecule has 4 aromatic rings. The number of ether oxygens (including phenoxy) is 1. The number of pyridine rings is 1. The number of methoxy groups -OCH3 is 1. The molecule has 0 saturated heterocycles. The van der Waals surface area contributed by atoms with E-state index >= 15 is 0 Å². The summed E-state index contributed by atoms with van der Waals surface area (Å²) in [6, 6.07) is 19.3. The van der Waals surface area contributed by atoms with E-state index in [0.717, 1.165) is 37.7 Å². The highest BCUT2D eigenvalue weighted by molar-refractivity contribution is 9.10. The van der Waals surface area contributed by atoms with Crippen LogP contribution in [0.5, 0.6) is 5.75 Å². The van der Waals surface area contributed by atoms with Crippen molar-refractivity contribution in [1.29, 1.82) is 0 Å². The van der Waals surface area contributed by atoms with Gasteiger partial charge in [-0.2, -0.15) is 0 Å². The fraction of sp³-hybridized carbons (Fsp3) is 0.136. The van der Waals surface area contributed by atoms with Crippen molar-refractivity contribution < 1.29 is 18.3 Å². The van der Waals surface area contributed by atoms with Crippen LogP contribution in [0.2, 0.25) is 0 Å². The van der Waals surface area contributed by atoms with Crippen LogP contribution in [0.3, 0.4) is 0 Å². The molecule has 0 fully saturated rings. The van der Waals surface area contributed by atoms with Crippen LogP contribution in [0.1, 0.15) is 0 Å². The lowest BCUT2D eigenvalue weighted by molar-refractivity contribution is 0.281. The van der Waals surface area contributed by atoms with E-state index < -0.39 is 7.75 Å². The lowest BCUT2D eigenvalue weighted by Gasteiger charge is -2.19. The van der Waals surface area contributed by atoms with E-state index in [0.29, 0.717) is 11.4 Å². The van der Waals surface area contributed by atoms with Gasteiger partial charge in [0, 0.05) is 41.2 Å². The molecule has 0 amide bonds. The van der Waals surface area contributed by atoms with Crippen LogP contribution < -0.4 is 15.1 Å². The predicted octanol–water partition coefficient (Wildman–Crippen LogP) is 6.72. The van der Waals surface area contributed by atoms with Crippen LogP contribution in [0.25, 0.3) is 21.8 Å². The molecule has 3 aromatic carbocycles. The van der Waals surface area contributed by atoms with Crippen molar-refractivity contribution >= 4 is 62.5 Å². The largest absolute Gasteiger partial charge is 0.494 e. The van der Waals surface area contributed by atoms with Gasteiger partial charge in [-0.05, 0) is 36.4 Å². The van der Waals surface area contributed by atoms with Gasteiger partial charge in [-0.25, -0.2) is 9.55 Å². The Bertz CT molecular complexity index is 1310. The van der Waals surface area contributed by atoms with Gasteiger partial charge in [0.2, 0.25) is 0 Å². The van der Waals surface area contributed by atoms with Gasteiger partial charge in [0.25, 0.3) is 0 Å². The van der Waals surface area contributed by atoms with Crippen LogP contribution >= 0.6 is 23.7 Å². The highest BCUT2D eigenvalue weighted by Gasteiger charge is 2.21. The van der Waals surface area contributed by atoms with Crippen molar-refractivity contribution in [3.05, 3.63) is 65.1 Å². The van der Waals surface area contributed by atoms with E-state index in [9.17, 15) is 4.57 Å². The molecule has 0 aliphatic heterocycles. The average molecular weight is 502 g/mol. The van der Waals surface area contributed by atoms with Crippen molar-refractivity contribution in [2.45, 2.75) is 0 Å². The summed E-state index contributed by atoms with van der Waals surface area (Å²) in [4.78, 5) is 4.79. The number of anilines is 3. The van der Waals surface area contributed by atoms with Crippen LogP contribution in [0.4, 0.5) is 17.1 Å². The standard InChI is InChI=1S/C22H21BrN3O4P/c1-28-21-13-15(26-31(27,29-2)30-3)9-11-19(21)25-22-16-6-4-5-7-18(16)24-20-12-14(23)8-10-17(20)22/h4-13H,1-3H3,(H,24,25)(H,26,27). The molecule has 9 heteroatoms. The fourth-order valence-electron chi connectivity index (χ4n) is 3.32. The van der Waals surface area contributed by atoms with Gasteiger partial charge in [0.15, 0.2) is 0 Å². The highest BCUT2D eigenvalue weighted by Crippen LogP contribution is 2.47. The SMILES string of the molecule is COc1cc(NP(=O)(OC)OC)ccc1Nc1c2ccccc2nc2cc(Br)ccc12. The van der Waals surface area contributed by atoms with Gasteiger partial charge in [-0.3, -0.25) is 14.1 Å². The van der Waals surface area contributed by atoms with Gasteiger partial charge >= 0.3 is 7.75 Å². The van der Waals surface area contributed by atoms with E-state index in [-0.39, 0.29) is 0 Å². The Morgan fingerprint density at radius 1 is 0.903 bits per heavy atom. The van der Waals surface area contributed by atoms with Crippen molar-refractivity contribution in [3.8, 4) is 5.75 Å². The van der Waals surface area contributed by atoms with Crippen LogP contribution in [-0.4, -0.2) is 26.3 Å². The molecule has 7 nitrogen and oxygen atoms in total. The Kier molecular flexibility index (Phi) is 6.16. The average Bonchev–Trinajstić information content (AvgIpc) is 2.79. The lowest BCUT2D eigenvalue weighted by Crippen LogP contribution is -2.02. The quantitative estimate of drug-likeness (QED) is 0.215. The molecule has 0 unspecified atom stereocenters. The third-order valence-electron chi connectivity index (χ3n) is 4.85. The fourth-order valence-corrected chi connectivity index (χ4v) is 4.46. The molecule has 0 saturated carbocycles. The summed E-state index contributed by atoms with van der Waals surface area (Å²) in [5.41, 5.74) is 3.97. The second-order valence-electron chi connectivity index (χ2n) is 6.68. The number of aromatic nitrogens is 1. The Labute approximate surface area is 188 Å². The van der Waals surface area contributed by atoms with E-state index in [1.807, 2.05) is 48.5 Å². The van der Waals surface area contributed by atoms with E-state index in [2.05, 4.69) is 26.3 Å². The van der Waals surface area contributed by atoms with Crippen molar-refractivity contribution in [3.63, 3.8) is 0 Å². The minimum Gasteiger partial charge on any atom is -0.494 e. The van der Waals surface area contributed by atoms with Gasteiger partial charge in [-0.15, -0.1) is 0 Å². The molecule has 1 heterocycles. The summed E-state index contributed by atoms with van der Waals surface area (Å²) < 4.78 is 28.8. The number of hydrogen-bond acceptors (Lipinski definition) is 6. The molecule has 1 aromatic heterocycles.